The number of unbranched alkanes of at least 4 members (excludes halogenated alkanes) is 1. The van der Waals surface area contributed by atoms with Crippen LogP contribution < -0.4 is 20.7 Å². The van der Waals surface area contributed by atoms with Crippen molar-refractivity contribution in [1.29, 1.82) is 0 Å². The minimum absolute atomic E-state index is 0.0312. The Morgan fingerprint density at radius 2 is 1.51 bits per heavy atom. The van der Waals surface area contributed by atoms with Crippen molar-refractivity contribution in [2.24, 2.45) is 0 Å². The number of nitrogens with one attached hydrogen (secondary N) is 3. The number of hydrogen-bond donors (Lipinski definition) is 3. The molecule has 0 atom stereocenters. The van der Waals surface area contributed by atoms with Crippen LogP contribution in [0.4, 0.5) is 11.4 Å². The monoisotopic (exact) mass is 651 g/mol. The molecule has 4 aromatic carbocycles. The van der Waals surface area contributed by atoms with E-state index in [2.05, 4.69) is 16.0 Å². The SMILES string of the molecule is CCCCOC(=O)c1ccc(NC(=O)CSc2cccc(NC(=O)/C(=C\c3ccccc3OCC)NC(=O)c3ccccc3)c2)cc1. The van der Waals surface area contributed by atoms with Gasteiger partial charge in [0.2, 0.25) is 5.91 Å². The molecule has 10 heteroatoms. The Morgan fingerprint density at radius 3 is 2.26 bits per heavy atom. The van der Waals surface area contributed by atoms with Gasteiger partial charge in [-0.3, -0.25) is 14.4 Å². The molecule has 242 valence electrons. The van der Waals surface area contributed by atoms with E-state index in [0.29, 0.717) is 47.0 Å². The van der Waals surface area contributed by atoms with Crippen molar-refractivity contribution in [2.75, 3.05) is 29.6 Å². The molecule has 3 amide bonds. The van der Waals surface area contributed by atoms with E-state index in [1.807, 2.05) is 32.0 Å². The van der Waals surface area contributed by atoms with Crippen molar-refractivity contribution < 1.29 is 28.7 Å². The lowest BCUT2D eigenvalue weighted by Crippen LogP contribution is -2.30. The molecule has 0 aromatic heterocycles. The molecule has 9 nitrogen and oxygen atoms in total. The number of esters is 1. The maximum Gasteiger partial charge on any atom is 0.338 e. The second kappa shape index (κ2) is 18.0. The molecule has 0 aliphatic rings. The van der Waals surface area contributed by atoms with Gasteiger partial charge in [0.05, 0.1) is 24.5 Å². The molecule has 0 heterocycles. The summed E-state index contributed by atoms with van der Waals surface area (Å²) < 4.78 is 10.9. The Labute approximate surface area is 278 Å². The van der Waals surface area contributed by atoms with E-state index in [1.54, 1.807) is 91.0 Å². The molecule has 47 heavy (non-hydrogen) atoms. The molecule has 0 radical (unpaired) electrons. The Bertz CT molecular complexity index is 1710. The van der Waals surface area contributed by atoms with Gasteiger partial charge in [0, 0.05) is 27.4 Å². The van der Waals surface area contributed by atoms with E-state index >= 15 is 0 Å². The highest BCUT2D eigenvalue weighted by molar-refractivity contribution is 8.00. The number of amides is 3. The molecular weight excluding hydrogens is 614 g/mol. The first kappa shape index (κ1) is 34.5. The largest absolute Gasteiger partial charge is 0.493 e. The molecule has 0 saturated carbocycles. The lowest BCUT2D eigenvalue weighted by atomic mass is 10.1. The van der Waals surface area contributed by atoms with Gasteiger partial charge >= 0.3 is 5.97 Å². The van der Waals surface area contributed by atoms with Crippen molar-refractivity contribution in [1.82, 2.24) is 5.32 Å². The molecule has 0 fully saturated rings. The molecule has 0 saturated heterocycles. The fourth-order valence-electron chi connectivity index (χ4n) is 4.27. The number of thioether (sulfide) groups is 1. The van der Waals surface area contributed by atoms with Crippen molar-refractivity contribution >= 4 is 52.9 Å². The van der Waals surface area contributed by atoms with Gasteiger partial charge in [0.1, 0.15) is 11.4 Å². The summed E-state index contributed by atoms with van der Waals surface area (Å²) in [5, 5.41) is 8.42. The number of para-hydroxylation sites is 1. The average molecular weight is 652 g/mol. The zero-order valence-corrected chi connectivity index (χ0v) is 27.1. The van der Waals surface area contributed by atoms with Crippen molar-refractivity contribution in [3.63, 3.8) is 0 Å². The van der Waals surface area contributed by atoms with E-state index in [9.17, 15) is 19.2 Å². The minimum atomic E-state index is -0.529. The third kappa shape index (κ3) is 10.9. The Morgan fingerprint density at radius 1 is 0.766 bits per heavy atom. The minimum Gasteiger partial charge on any atom is -0.493 e. The lowest BCUT2D eigenvalue weighted by Gasteiger charge is -2.13. The second-order valence-corrected chi connectivity index (χ2v) is 11.3. The predicted octanol–water partition coefficient (Wildman–Crippen LogP) is 7.18. The van der Waals surface area contributed by atoms with Crippen LogP contribution in [0.25, 0.3) is 6.08 Å². The van der Waals surface area contributed by atoms with Gasteiger partial charge in [0.15, 0.2) is 0 Å². The fraction of sp³-hybridized carbons (Fsp3) is 0.189. The van der Waals surface area contributed by atoms with Crippen LogP contribution in [0.3, 0.4) is 0 Å². The standard InChI is InChI=1S/C37H37N3O6S/c1-3-5-22-46-37(44)27-18-20-29(21-19-27)38-34(41)25-47-31-16-11-15-30(24-31)39-36(43)32(40-35(42)26-12-7-6-8-13-26)23-28-14-9-10-17-33(28)45-4-2/h6-21,23-24H,3-5,22,25H2,1-2H3,(H,38,41)(H,39,43)(H,40,42)/b32-23+. The molecule has 4 aromatic rings. The molecule has 0 unspecified atom stereocenters. The Balaban J connectivity index is 1.40. The van der Waals surface area contributed by atoms with E-state index in [0.717, 1.165) is 17.7 Å². The number of hydrogen-bond acceptors (Lipinski definition) is 7. The Hall–Kier alpha value is -5.35. The molecule has 0 aliphatic carbocycles. The predicted molar refractivity (Wildman–Crippen MR) is 186 cm³/mol. The second-order valence-electron chi connectivity index (χ2n) is 10.2. The van der Waals surface area contributed by atoms with E-state index < -0.39 is 17.8 Å². The number of carbonyl (C=O) groups excluding carboxylic acids is 4. The van der Waals surface area contributed by atoms with Crippen LogP contribution in [-0.4, -0.2) is 42.7 Å². The fourth-order valence-corrected chi connectivity index (χ4v) is 5.03. The summed E-state index contributed by atoms with van der Waals surface area (Å²) in [5.41, 5.74) is 2.53. The number of anilines is 2. The first-order valence-corrected chi connectivity index (χ1v) is 16.3. The number of ether oxygens (including phenoxy) is 2. The normalized spacial score (nSPS) is 10.9. The van der Waals surface area contributed by atoms with Crippen LogP contribution in [0.15, 0.2) is 114 Å². The highest BCUT2D eigenvalue weighted by atomic mass is 32.2. The summed E-state index contributed by atoms with van der Waals surface area (Å²) in [6.07, 6.45) is 3.32. The van der Waals surface area contributed by atoms with Gasteiger partial charge in [-0.1, -0.05) is 55.8 Å². The van der Waals surface area contributed by atoms with Crippen molar-refractivity contribution in [2.45, 2.75) is 31.6 Å². The van der Waals surface area contributed by atoms with E-state index in [4.69, 9.17) is 9.47 Å². The van der Waals surface area contributed by atoms with Crippen LogP contribution >= 0.6 is 11.8 Å². The van der Waals surface area contributed by atoms with Crippen LogP contribution in [0.1, 0.15) is 53.0 Å². The van der Waals surface area contributed by atoms with Crippen LogP contribution in [0.5, 0.6) is 5.75 Å². The maximum absolute atomic E-state index is 13.5. The summed E-state index contributed by atoms with van der Waals surface area (Å²) >= 11 is 1.30. The quantitative estimate of drug-likeness (QED) is 0.0539. The first-order chi connectivity index (χ1) is 22.9. The van der Waals surface area contributed by atoms with Crippen LogP contribution in [0.2, 0.25) is 0 Å². The van der Waals surface area contributed by atoms with Gasteiger partial charge in [-0.2, -0.15) is 0 Å². The van der Waals surface area contributed by atoms with Gasteiger partial charge in [-0.25, -0.2) is 4.79 Å². The highest BCUT2D eigenvalue weighted by Crippen LogP contribution is 2.24. The topological polar surface area (TPSA) is 123 Å². The molecule has 4 rings (SSSR count). The molecule has 3 N–H and O–H groups in total. The summed E-state index contributed by atoms with van der Waals surface area (Å²) in [4.78, 5) is 52.1. The Kier molecular flexibility index (Phi) is 13.2. The average Bonchev–Trinajstić information content (AvgIpc) is 3.09. The number of carbonyl (C=O) groups is 4. The summed E-state index contributed by atoms with van der Waals surface area (Å²) in [5.74, 6) is -0.896. The van der Waals surface area contributed by atoms with Gasteiger partial charge in [0.25, 0.3) is 11.8 Å². The smallest absolute Gasteiger partial charge is 0.338 e. The van der Waals surface area contributed by atoms with Gasteiger partial charge < -0.3 is 25.4 Å². The highest BCUT2D eigenvalue weighted by Gasteiger charge is 2.17. The zero-order valence-electron chi connectivity index (χ0n) is 26.3. The molecular formula is C37H37N3O6S. The summed E-state index contributed by atoms with van der Waals surface area (Å²) in [6.45, 7) is 4.70. The van der Waals surface area contributed by atoms with E-state index in [1.165, 1.54) is 11.8 Å². The maximum atomic E-state index is 13.5. The number of rotatable bonds is 15. The third-order valence-corrected chi connectivity index (χ3v) is 7.64. The molecule has 0 aliphatic heterocycles. The van der Waals surface area contributed by atoms with Crippen LogP contribution in [-0.2, 0) is 14.3 Å². The zero-order chi connectivity index (χ0) is 33.4. The van der Waals surface area contributed by atoms with Crippen molar-refractivity contribution in [3.05, 3.63) is 126 Å². The van der Waals surface area contributed by atoms with E-state index in [-0.39, 0.29) is 17.4 Å². The van der Waals surface area contributed by atoms with Crippen molar-refractivity contribution in [3.8, 4) is 5.75 Å². The van der Waals surface area contributed by atoms with Crippen LogP contribution in [0, 0.1) is 0 Å². The first-order valence-electron chi connectivity index (χ1n) is 15.3. The van der Waals surface area contributed by atoms with Gasteiger partial charge in [-0.15, -0.1) is 11.8 Å². The summed E-state index contributed by atoms with van der Waals surface area (Å²) in [7, 11) is 0. The third-order valence-electron chi connectivity index (χ3n) is 6.64. The lowest BCUT2D eigenvalue weighted by molar-refractivity contribution is -0.114. The number of benzene rings is 4. The van der Waals surface area contributed by atoms with Gasteiger partial charge in [-0.05, 0) is 80.1 Å². The molecule has 0 spiro atoms. The molecule has 0 bridgehead atoms. The summed E-state index contributed by atoms with van der Waals surface area (Å²) in [6, 6.07) is 29.5.